The molecule has 2 saturated heterocycles. The minimum absolute atomic E-state index is 0.137. The van der Waals surface area contributed by atoms with E-state index in [1.165, 1.54) is 11.8 Å². The van der Waals surface area contributed by atoms with E-state index in [0.717, 1.165) is 69.6 Å². The Bertz CT molecular complexity index is 2560. The number of alkyl carbamates (subject to hydrolysis) is 1. The number of methoxy groups -OCH3 is 1. The first-order chi connectivity index (χ1) is 29.6. The SMILES string of the molecule is COC(=O)N[C@@H](C(=O)N1CCCC1C1=NC=C(C#Cc2csc3c(-c4ccc(-c5cnc(C6CCCN6C(=O)[C@@H](NC(=O)CO)C(C)C)[nH]5)cc4)csc23)C1)c1ccccc1. The summed E-state index contributed by atoms with van der Waals surface area (Å²) in [5.41, 5.74) is 7.53. The standard InChI is InChI=1S/C46H47N7O6S2/c1-27(2)39(50-38(55)24-54)44(56)53-20-8-12-37(53)43-48-23-35(49-43)30-17-15-29(16-18-30)33-26-61-41-32(25-60-42(33)41)14-13-28-21-34(47-22-28)36-11-7-19-52(36)45(57)40(51-46(58)59-3)31-9-5-4-6-10-31/h4-6,9-10,15-18,22-23,25-27,36-37,39-40,54H,7-8,11-12,19-21,24H2,1-3H3,(H,48,49)(H,50,55)(H,51,58)/t36?,37?,39-,40+/m0/s1. The number of aromatic nitrogens is 2. The van der Waals surface area contributed by atoms with Crippen molar-refractivity contribution in [3.05, 3.63) is 100 Å². The molecule has 4 N–H and O–H groups in total. The van der Waals surface area contributed by atoms with Crippen molar-refractivity contribution in [2.75, 3.05) is 26.8 Å². The second kappa shape index (κ2) is 18.3. The highest BCUT2D eigenvalue weighted by Gasteiger charge is 2.39. The highest BCUT2D eigenvalue weighted by Crippen LogP contribution is 2.41. The number of carbonyl (C=O) groups excluding carboxylic acids is 4. The molecule has 2 fully saturated rings. The molecule has 0 saturated carbocycles. The van der Waals surface area contributed by atoms with Gasteiger partial charge in [0.1, 0.15) is 24.5 Å². The number of aliphatic hydroxyl groups is 1. The zero-order chi connectivity index (χ0) is 42.6. The smallest absolute Gasteiger partial charge is 0.407 e. The number of nitrogens with zero attached hydrogens (tertiary/aromatic N) is 4. The van der Waals surface area contributed by atoms with Gasteiger partial charge in [-0.1, -0.05) is 80.3 Å². The predicted molar refractivity (Wildman–Crippen MR) is 237 cm³/mol. The molecule has 3 aliphatic heterocycles. The van der Waals surface area contributed by atoms with E-state index >= 15 is 0 Å². The molecule has 0 radical (unpaired) electrons. The van der Waals surface area contributed by atoms with Crippen LogP contribution in [0.3, 0.4) is 0 Å². The lowest BCUT2D eigenvalue weighted by Crippen LogP contribution is -2.51. The van der Waals surface area contributed by atoms with Crippen LogP contribution < -0.4 is 10.6 Å². The number of allylic oxidation sites excluding steroid dienone is 1. The van der Waals surface area contributed by atoms with Crippen LogP contribution in [0.2, 0.25) is 0 Å². The topological polar surface area (TPSA) is 169 Å². The number of carbonyl (C=O) groups is 4. The molecule has 5 aromatic rings. The first-order valence-corrected chi connectivity index (χ1v) is 22.2. The third-order valence-corrected chi connectivity index (χ3v) is 13.7. The third kappa shape index (κ3) is 8.75. The molecule has 2 aromatic carbocycles. The van der Waals surface area contributed by atoms with Crippen molar-refractivity contribution in [1.29, 1.82) is 0 Å². The Labute approximate surface area is 361 Å². The Morgan fingerprint density at radius 1 is 0.902 bits per heavy atom. The van der Waals surface area contributed by atoms with Crippen LogP contribution in [0, 0.1) is 17.8 Å². The summed E-state index contributed by atoms with van der Waals surface area (Å²) >= 11 is 3.35. The number of benzene rings is 2. The number of hydrogen-bond donors (Lipinski definition) is 4. The first-order valence-electron chi connectivity index (χ1n) is 20.5. The largest absolute Gasteiger partial charge is 0.453 e. The highest BCUT2D eigenvalue weighted by molar-refractivity contribution is 7.27. The number of imidazole rings is 1. The van der Waals surface area contributed by atoms with Crippen molar-refractivity contribution in [3.63, 3.8) is 0 Å². The van der Waals surface area contributed by atoms with Gasteiger partial charge in [0.25, 0.3) is 0 Å². The summed E-state index contributed by atoms with van der Waals surface area (Å²) in [6.07, 6.45) is 6.75. The molecule has 4 atom stereocenters. The summed E-state index contributed by atoms with van der Waals surface area (Å²) in [5, 5.41) is 18.9. The second-order valence-corrected chi connectivity index (χ2v) is 17.5. The molecule has 0 aliphatic carbocycles. The zero-order valence-corrected chi connectivity index (χ0v) is 35.8. The first kappa shape index (κ1) is 41.6. The number of aromatic amines is 1. The molecular formula is C46H47N7O6S2. The average molecular weight is 858 g/mol. The molecule has 61 heavy (non-hydrogen) atoms. The number of thiophene rings is 2. The van der Waals surface area contributed by atoms with E-state index < -0.39 is 30.7 Å². The van der Waals surface area contributed by atoms with Gasteiger partial charge in [-0.15, -0.1) is 22.7 Å². The average Bonchev–Trinajstić information content (AvgIpc) is 4.14. The minimum atomic E-state index is -0.864. The van der Waals surface area contributed by atoms with Crippen LogP contribution in [0.25, 0.3) is 31.8 Å². The summed E-state index contributed by atoms with van der Waals surface area (Å²) in [7, 11) is 1.28. The number of likely N-dealkylation sites (tertiary alicyclic amines) is 2. The molecule has 0 spiro atoms. The van der Waals surface area contributed by atoms with Crippen molar-refractivity contribution in [2.45, 2.75) is 70.1 Å². The Morgan fingerprint density at radius 2 is 1.61 bits per heavy atom. The second-order valence-electron chi connectivity index (χ2n) is 15.7. The van der Waals surface area contributed by atoms with Gasteiger partial charge in [0, 0.05) is 53.3 Å². The van der Waals surface area contributed by atoms with E-state index in [1.807, 2.05) is 55.3 Å². The molecule has 4 amide bonds. The molecule has 15 heteroatoms. The van der Waals surface area contributed by atoms with Crippen LogP contribution in [-0.4, -0.2) is 93.3 Å². The lowest BCUT2D eigenvalue weighted by atomic mass is 10.0. The number of hydrogen-bond acceptors (Lipinski definition) is 10. The molecular weight excluding hydrogens is 811 g/mol. The van der Waals surface area contributed by atoms with Crippen molar-refractivity contribution >= 4 is 61.6 Å². The molecule has 3 aromatic heterocycles. The number of ether oxygens (including phenoxy) is 1. The van der Waals surface area contributed by atoms with E-state index in [1.54, 1.807) is 33.8 Å². The number of H-pyrrole nitrogens is 1. The highest BCUT2D eigenvalue weighted by atomic mass is 32.1. The van der Waals surface area contributed by atoms with Gasteiger partial charge in [-0.05, 0) is 48.3 Å². The summed E-state index contributed by atoms with van der Waals surface area (Å²) in [6.45, 7) is 4.24. The monoisotopic (exact) mass is 857 g/mol. The van der Waals surface area contributed by atoms with Crippen LogP contribution in [0.15, 0.2) is 88.3 Å². The van der Waals surface area contributed by atoms with E-state index in [2.05, 4.69) is 67.5 Å². The van der Waals surface area contributed by atoms with E-state index in [-0.39, 0.29) is 29.8 Å². The fourth-order valence-electron chi connectivity index (χ4n) is 8.34. The van der Waals surface area contributed by atoms with E-state index in [0.29, 0.717) is 30.9 Å². The number of aliphatic hydroxyl groups excluding tert-OH is 1. The summed E-state index contributed by atoms with van der Waals surface area (Å²) < 4.78 is 7.15. The third-order valence-electron chi connectivity index (χ3n) is 11.5. The number of amides is 4. The Hall–Kier alpha value is -6.08. The van der Waals surface area contributed by atoms with E-state index in [4.69, 9.17) is 9.73 Å². The van der Waals surface area contributed by atoms with Crippen molar-refractivity contribution in [1.82, 2.24) is 30.4 Å². The number of aliphatic imine (C=N–C) groups is 1. The van der Waals surface area contributed by atoms with Crippen molar-refractivity contribution < 1.29 is 29.0 Å². The van der Waals surface area contributed by atoms with Crippen molar-refractivity contribution in [3.8, 4) is 34.2 Å². The Balaban J connectivity index is 0.912. The fourth-order valence-corrected chi connectivity index (χ4v) is 10.7. The predicted octanol–water partition coefficient (Wildman–Crippen LogP) is 6.98. The van der Waals surface area contributed by atoms with Gasteiger partial charge >= 0.3 is 6.09 Å². The van der Waals surface area contributed by atoms with Crippen LogP contribution in [0.1, 0.15) is 75.0 Å². The van der Waals surface area contributed by atoms with Crippen LogP contribution in [-0.2, 0) is 19.1 Å². The molecule has 6 heterocycles. The zero-order valence-electron chi connectivity index (χ0n) is 34.1. The number of nitrogens with one attached hydrogen (secondary N) is 3. The number of rotatable bonds is 11. The fraction of sp³-hybridized carbons (Fsp3) is 0.348. The normalized spacial score (nSPS) is 18.4. The van der Waals surface area contributed by atoms with E-state index in [9.17, 15) is 24.3 Å². The van der Waals surface area contributed by atoms with Gasteiger partial charge in [-0.25, -0.2) is 9.78 Å². The maximum Gasteiger partial charge on any atom is 0.407 e. The maximum absolute atomic E-state index is 13.9. The van der Waals surface area contributed by atoms with Gasteiger partial charge in [0.05, 0.1) is 46.0 Å². The molecule has 2 unspecified atom stereocenters. The number of fused-ring (bicyclic) bond motifs is 1. The van der Waals surface area contributed by atoms with Crippen LogP contribution in [0.4, 0.5) is 4.79 Å². The van der Waals surface area contributed by atoms with Crippen LogP contribution >= 0.6 is 22.7 Å². The summed E-state index contributed by atoms with van der Waals surface area (Å²) in [5.74, 6) is 6.40. The summed E-state index contributed by atoms with van der Waals surface area (Å²) in [4.78, 5) is 68.1. The molecule has 13 nitrogen and oxygen atoms in total. The molecule has 314 valence electrons. The quantitative estimate of drug-likeness (QED) is 0.104. The lowest BCUT2D eigenvalue weighted by Gasteiger charge is -2.30. The van der Waals surface area contributed by atoms with Gasteiger partial charge in [-0.3, -0.25) is 19.4 Å². The Morgan fingerprint density at radius 3 is 2.33 bits per heavy atom. The van der Waals surface area contributed by atoms with Gasteiger partial charge in [0.15, 0.2) is 0 Å². The van der Waals surface area contributed by atoms with Gasteiger partial charge in [-0.2, -0.15) is 0 Å². The molecule has 0 bridgehead atoms. The van der Waals surface area contributed by atoms with Gasteiger partial charge in [0.2, 0.25) is 17.7 Å². The molecule has 3 aliphatic rings. The van der Waals surface area contributed by atoms with Gasteiger partial charge < -0.3 is 35.3 Å². The maximum atomic E-state index is 13.9. The van der Waals surface area contributed by atoms with Crippen LogP contribution in [0.5, 0.6) is 0 Å². The minimum Gasteiger partial charge on any atom is -0.453 e. The van der Waals surface area contributed by atoms with Crippen molar-refractivity contribution in [2.24, 2.45) is 10.9 Å². The summed E-state index contributed by atoms with van der Waals surface area (Å²) in [6, 6.07) is 15.6. The molecule has 8 rings (SSSR count). The lowest BCUT2D eigenvalue weighted by molar-refractivity contribution is -0.139. The Kier molecular flexibility index (Phi) is 12.5.